The van der Waals surface area contributed by atoms with Crippen molar-refractivity contribution in [1.82, 2.24) is 9.88 Å². The van der Waals surface area contributed by atoms with Gasteiger partial charge >= 0.3 is 0 Å². The van der Waals surface area contributed by atoms with E-state index < -0.39 is 0 Å². The molecule has 0 unspecified atom stereocenters. The van der Waals surface area contributed by atoms with E-state index in [9.17, 15) is 4.79 Å². The molecule has 2 heterocycles. The zero-order valence-electron chi connectivity index (χ0n) is 14.8. The maximum absolute atomic E-state index is 12.7. The zero-order chi connectivity index (χ0) is 16.6. The van der Waals surface area contributed by atoms with Crippen molar-refractivity contribution in [2.45, 2.75) is 59.4 Å². The first kappa shape index (κ1) is 16.1. The lowest BCUT2D eigenvalue weighted by Gasteiger charge is -2.30. The normalized spacial score (nSPS) is 14.8. The third-order valence-corrected chi connectivity index (χ3v) is 5.31. The van der Waals surface area contributed by atoms with E-state index in [-0.39, 0.29) is 5.92 Å². The molecule has 0 saturated heterocycles. The highest BCUT2D eigenvalue weighted by Crippen LogP contribution is 2.31. The lowest BCUT2D eigenvalue weighted by molar-refractivity contribution is -0.136. The third kappa shape index (κ3) is 2.89. The van der Waals surface area contributed by atoms with Gasteiger partial charge in [0, 0.05) is 47.6 Å². The molecule has 1 aliphatic heterocycles. The van der Waals surface area contributed by atoms with Crippen LogP contribution in [0.25, 0.3) is 10.9 Å². The highest BCUT2D eigenvalue weighted by molar-refractivity contribution is 5.87. The fourth-order valence-corrected chi connectivity index (χ4v) is 3.68. The summed E-state index contributed by atoms with van der Waals surface area (Å²) in [5.74, 6) is 1.03. The smallest absolute Gasteiger partial charge is 0.225 e. The standard InChI is InChI=1S/C20H28N2O/c1-5-14(6-2)20(23)22-10-9-19-17(12-22)16-11-15(13(3)4)7-8-18(16)21-19/h7-8,11,13-14,21H,5-6,9-10,12H2,1-4H3. The molecular formula is C20H28N2O. The maximum Gasteiger partial charge on any atom is 0.225 e. The van der Waals surface area contributed by atoms with Crippen LogP contribution in [0.4, 0.5) is 0 Å². The quantitative estimate of drug-likeness (QED) is 0.879. The molecule has 1 aromatic heterocycles. The van der Waals surface area contributed by atoms with Gasteiger partial charge in [-0.05, 0) is 36.5 Å². The summed E-state index contributed by atoms with van der Waals surface area (Å²) < 4.78 is 0. The van der Waals surface area contributed by atoms with Crippen LogP contribution in [0.2, 0.25) is 0 Å². The number of nitrogens with zero attached hydrogens (tertiary/aromatic N) is 1. The lowest BCUT2D eigenvalue weighted by atomic mass is 9.96. The molecular weight excluding hydrogens is 284 g/mol. The number of fused-ring (bicyclic) bond motifs is 3. The highest BCUT2D eigenvalue weighted by Gasteiger charge is 2.27. The second-order valence-electron chi connectivity index (χ2n) is 7.07. The summed E-state index contributed by atoms with van der Waals surface area (Å²) in [6.45, 7) is 10.3. The van der Waals surface area contributed by atoms with Crippen molar-refractivity contribution in [3.63, 3.8) is 0 Å². The number of rotatable bonds is 4. The first-order valence-electron chi connectivity index (χ1n) is 8.97. The van der Waals surface area contributed by atoms with Crippen LogP contribution in [0.15, 0.2) is 18.2 Å². The van der Waals surface area contributed by atoms with Gasteiger partial charge in [0.05, 0.1) is 0 Å². The molecule has 1 N–H and O–H groups in total. The Morgan fingerprint density at radius 2 is 2.00 bits per heavy atom. The van der Waals surface area contributed by atoms with Crippen molar-refractivity contribution in [3.05, 3.63) is 35.0 Å². The molecule has 23 heavy (non-hydrogen) atoms. The third-order valence-electron chi connectivity index (χ3n) is 5.31. The Bertz CT molecular complexity index is 710. The summed E-state index contributed by atoms with van der Waals surface area (Å²) in [5, 5.41) is 1.30. The molecule has 1 aromatic carbocycles. The molecule has 0 atom stereocenters. The summed E-state index contributed by atoms with van der Waals surface area (Å²) in [6, 6.07) is 6.71. The van der Waals surface area contributed by atoms with Crippen molar-refractivity contribution in [3.8, 4) is 0 Å². The van der Waals surface area contributed by atoms with Gasteiger partial charge in [0.15, 0.2) is 0 Å². The number of hydrogen-bond donors (Lipinski definition) is 1. The summed E-state index contributed by atoms with van der Waals surface area (Å²) in [7, 11) is 0. The number of benzene rings is 1. The van der Waals surface area contributed by atoms with Gasteiger partial charge in [-0.3, -0.25) is 4.79 Å². The minimum Gasteiger partial charge on any atom is -0.358 e. The van der Waals surface area contributed by atoms with E-state index in [1.807, 2.05) is 0 Å². The Morgan fingerprint density at radius 1 is 1.26 bits per heavy atom. The molecule has 1 amide bonds. The summed E-state index contributed by atoms with van der Waals surface area (Å²) in [5.41, 5.74) is 5.21. The summed E-state index contributed by atoms with van der Waals surface area (Å²) >= 11 is 0. The van der Waals surface area contributed by atoms with Crippen LogP contribution in [-0.2, 0) is 17.8 Å². The average Bonchev–Trinajstić information content (AvgIpc) is 2.92. The van der Waals surface area contributed by atoms with Crippen molar-refractivity contribution in [1.29, 1.82) is 0 Å². The number of carbonyl (C=O) groups excluding carboxylic acids is 1. The van der Waals surface area contributed by atoms with E-state index >= 15 is 0 Å². The first-order chi connectivity index (χ1) is 11.0. The van der Waals surface area contributed by atoms with Gasteiger partial charge in [0.25, 0.3) is 0 Å². The summed E-state index contributed by atoms with van der Waals surface area (Å²) in [6.07, 6.45) is 2.81. The predicted molar refractivity (Wildman–Crippen MR) is 95.6 cm³/mol. The highest BCUT2D eigenvalue weighted by atomic mass is 16.2. The number of nitrogens with one attached hydrogen (secondary N) is 1. The molecule has 1 aliphatic rings. The lowest BCUT2D eigenvalue weighted by Crippen LogP contribution is -2.39. The minimum atomic E-state index is 0.174. The van der Waals surface area contributed by atoms with Crippen LogP contribution in [0.1, 0.15) is 63.3 Å². The molecule has 124 valence electrons. The van der Waals surface area contributed by atoms with E-state index in [4.69, 9.17) is 0 Å². The fourth-order valence-electron chi connectivity index (χ4n) is 3.68. The van der Waals surface area contributed by atoms with Gasteiger partial charge in [0.2, 0.25) is 5.91 Å². The van der Waals surface area contributed by atoms with E-state index in [0.29, 0.717) is 11.8 Å². The fraction of sp³-hybridized carbons (Fsp3) is 0.550. The SMILES string of the molecule is CCC(CC)C(=O)N1CCc2[nH]c3ccc(C(C)C)cc3c2C1. The monoisotopic (exact) mass is 312 g/mol. The van der Waals surface area contributed by atoms with Gasteiger partial charge in [-0.25, -0.2) is 0 Å². The first-order valence-corrected chi connectivity index (χ1v) is 8.97. The second-order valence-corrected chi connectivity index (χ2v) is 7.07. The molecule has 0 radical (unpaired) electrons. The largest absolute Gasteiger partial charge is 0.358 e. The zero-order valence-corrected chi connectivity index (χ0v) is 14.8. The predicted octanol–water partition coefficient (Wildman–Crippen LogP) is 4.61. The van der Waals surface area contributed by atoms with E-state index in [2.05, 4.69) is 55.8 Å². The number of hydrogen-bond acceptors (Lipinski definition) is 1. The molecule has 2 aromatic rings. The Balaban J connectivity index is 1.94. The van der Waals surface area contributed by atoms with Gasteiger partial charge in [0.1, 0.15) is 0 Å². The molecule has 0 bridgehead atoms. The van der Waals surface area contributed by atoms with Crippen LogP contribution in [-0.4, -0.2) is 22.3 Å². The topological polar surface area (TPSA) is 36.1 Å². The van der Waals surface area contributed by atoms with Gasteiger partial charge in [-0.1, -0.05) is 33.8 Å². The molecule has 0 aliphatic carbocycles. The Kier molecular flexibility index (Phi) is 4.47. The Hall–Kier alpha value is -1.77. The van der Waals surface area contributed by atoms with E-state index in [1.165, 1.54) is 27.7 Å². The molecule has 0 saturated carbocycles. The molecule has 0 fully saturated rings. The van der Waals surface area contributed by atoms with Gasteiger partial charge in [-0.2, -0.15) is 0 Å². The maximum atomic E-state index is 12.7. The Morgan fingerprint density at radius 3 is 2.65 bits per heavy atom. The minimum absolute atomic E-state index is 0.174. The average molecular weight is 312 g/mol. The van der Waals surface area contributed by atoms with Gasteiger partial charge < -0.3 is 9.88 Å². The molecule has 3 rings (SSSR count). The van der Waals surface area contributed by atoms with Crippen LogP contribution < -0.4 is 0 Å². The van der Waals surface area contributed by atoms with E-state index in [0.717, 1.165) is 32.4 Å². The number of carbonyl (C=O) groups is 1. The second kappa shape index (κ2) is 6.38. The Labute approximate surface area is 139 Å². The van der Waals surface area contributed by atoms with Crippen molar-refractivity contribution >= 4 is 16.8 Å². The summed E-state index contributed by atoms with van der Waals surface area (Å²) in [4.78, 5) is 18.3. The van der Waals surface area contributed by atoms with Crippen LogP contribution in [0, 0.1) is 5.92 Å². The number of amides is 1. The number of aromatic amines is 1. The van der Waals surface area contributed by atoms with Crippen LogP contribution >= 0.6 is 0 Å². The van der Waals surface area contributed by atoms with Gasteiger partial charge in [-0.15, -0.1) is 0 Å². The van der Waals surface area contributed by atoms with Crippen molar-refractivity contribution in [2.24, 2.45) is 5.92 Å². The van der Waals surface area contributed by atoms with Crippen LogP contribution in [0.3, 0.4) is 0 Å². The molecule has 0 spiro atoms. The molecule has 3 heteroatoms. The van der Waals surface area contributed by atoms with Crippen molar-refractivity contribution < 1.29 is 4.79 Å². The van der Waals surface area contributed by atoms with Crippen molar-refractivity contribution in [2.75, 3.05) is 6.54 Å². The number of H-pyrrole nitrogens is 1. The van der Waals surface area contributed by atoms with Crippen LogP contribution in [0.5, 0.6) is 0 Å². The molecule has 3 nitrogen and oxygen atoms in total. The number of aromatic nitrogens is 1. The van der Waals surface area contributed by atoms with E-state index in [1.54, 1.807) is 0 Å².